The van der Waals surface area contributed by atoms with Gasteiger partial charge in [-0.1, -0.05) is 18.2 Å². The van der Waals surface area contributed by atoms with E-state index in [1.807, 2.05) is 30.3 Å². The lowest BCUT2D eigenvalue weighted by Crippen LogP contribution is -2.15. The Hall–Kier alpha value is -2.53. The molecular weight excluding hydrogens is 272 g/mol. The predicted octanol–water partition coefficient (Wildman–Crippen LogP) is 3.20. The van der Waals surface area contributed by atoms with Crippen molar-refractivity contribution >= 4 is 0 Å². The van der Waals surface area contributed by atoms with E-state index in [1.165, 1.54) is 0 Å². The third kappa shape index (κ3) is 2.68. The van der Waals surface area contributed by atoms with Crippen LogP contribution < -0.4 is 5.73 Å². The maximum Gasteiger partial charge on any atom is 0.128 e. The first-order chi connectivity index (χ1) is 10.1. The van der Waals surface area contributed by atoms with Gasteiger partial charge in [0, 0.05) is 11.8 Å². The summed E-state index contributed by atoms with van der Waals surface area (Å²) in [5.74, 6) is -1.07. The third-order valence-corrected chi connectivity index (χ3v) is 3.24. The Kier molecular flexibility index (Phi) is 3.50. The van der Waals surface area contributed by atoms with E-state index in [0.29, 0.717) is 5.69 Å². The maximum atomic E-state index is 13.8. The van der Waals surface area contributed by atoms with Gasteiger partial charge in [0.25, 0.3) is 0 Å². The summed E-state index contributed by atoms with van der Waals surface area (Å²) in [5.41, 5.74) is 7.43. The number of para-hydroxylation sites is 1. The van der Waals surface area contributed by atoms with Gasteiger partial charge in [-0.3, -0.25) is 0 Å². The Morgan fingerprint density at radius 1 is 1.00 bits per heavy atom. The number of aromatic nitrogens is 2. The zero-order valence-corrected chi connectivity index (χ0v) is 11.1. The van der Waals surface area contributed by atoms with E-state index < -0.39 is 17.7 Å². The first-order valence-electron chi connectivity index (χ1n) is 6.46. The van der Waals surface area contributed by atoms with Crippen molar-refractivity contribution in [2.45, 2.75) is 6.04 Å². The molecule has 0 bridgehead atoms. The highest BCUT2D eigenvalue weighted by Gasteiger charge is 2.17. The quantitative estimate of drug-likeness (QED) is 0.803. The Morgan fingerprint density at radius 2 is 1.76 bits per heavy atom. The first-order valence-corrected chi connectivity index (χ1v) is 6.46. The summed E-state index contributed by atoms with van der Waals surface area (Å²) in [6.07, 6.45) is 1.74. The molecule has 0 radical (unpaired) electrons. The largest absolute Gasteiger partial charge is 0.319 e. The van der Waals surface area contributed by atoms with Crippen molar-refractivity contribution in [1.82, 2.24) is 9.78 Å². The molecule has 3 nitrogen and oxygen atoms in total. The van der Waals surface area contributed by atoms with Crippen molar-refractivity contribution in [2.24, 2.45) is 5.73 Å². The molecule has 0 spiro atoms. The van der Waals surface area contributed by atoms with E-state index in [4.69, 9.17) is 5.73 Å². The number of nitrogens with two attached hydrogens (primary N) is 1. The van der Waals surface area contributed by atoms with Gasteiger partial charge in [-0.25, -0.2) is 13.5 Å². The summed E-state index contributed by atoms with van der Waals surface area (Å²) >= 11 is 0. The van der Waals surface area contributed by atoms with Gasteiger partial charge >= 0.3 is 0 Å². The number of benzene rings is 2. The van der Waals surface area contributed by atoms with E-state index in [9.17, 15) is 8.78 Å². The van der Waals surface area contributed by atoms with Crippen molar-refractivity contribution in [3.05, 3.63) is 83.7 Å². The van der Waals surface area contributed by atoms with Gasteiger partial charge in [0.1, 0.15) is 11.6 Å². The molecule has 0 saturated heterocycles. The maximum absolute atomic E-state index is 13.8. The Balaban J connectivity index is 1.94. The summed E-state index contributed by atoms with van der Waals surface area (Å²) in [5, 5.41) is 4.33. The molecule has 1 unspecified atom stereocenters. The van der Waals surface area contributed by atoms with Crippen molar-refractivity contribution in [3.8, 4) is 5.69 Å². The molecule has 0 saturated carbocycles. The lowest BCUT2D eigenvalue weighted by Gasteiger charge is -2.10. The van der Waals surface area contributed by atoms with Crippen LogP contribution in [0.15, 0.2) is 60.8 Å². The molecule has 2 N–H and O–H groups in total. The molecule has 0 amide bonds. The Morgan fingerprint density at radius 3 is 2.52 bits per heavy atom. The van der Waals surface area contributed by atoms with Crippen molar-refractivity contribution in [3.63, 3.8) is 0 Å². The first kappa shape index (κ1) is 13.5. The molecule has 2 aromatic carbocycles. The van der Waals surface area contributed by atoms with Crippen LogP contribution in [0.4, 0.5) is 8.78 Å². The fraction of sp³-hybridized carbons (Fsp3) is 0.0625. The molecule has 21 heavy (non-hydrogen) atoms. The molecule has 3 rings (SSSR count). The minimum atomic E-state index is -0.814. The summed E-state index contributed by atoms with van der Waals surface area (Å²) < 4.78 is 28.6. The number of hydrogen-bond donors (Lipinski definition) is 1. The molecule has 3 aromatic rings. The molecule has 0 aliphatic heterocycles. The highest BCUT2D eigenvalue weighted by atomic mass is 19.1. The van der Waals surface area contributed by atoms with Crippen LogP contribution >= 0.6 is 0 Å². The minimum Gasteiger partial charge on any atom is -0.319 e. The Labute approximate surface area is 120 Å². The van der Waals surface area contributed by atoms with Crippen LogP contribution in [-0.4, -0.2) is 9.78 Å². The predicted molar refractivity (Wildman–Crippen MR) is 76.0 cm³/mol. The number of halogens is 2. The Bertz CT molecular complexity index is 753. The van der Waals surface area contributed by atoms with Crippen molar-refractivity contribution in [1.29, 1.82) is 0 Å². The molecule has 1 atom stereocenters. The molecule has 0 fully saturated rings. The fourth-order valence-electron chi connectivity index (χ4n) is 2.14. The summed E-state index contributed by atoms with van der Waals surface area (Å²) in [7, 11) is 0. The van der Waals surface area contributed by atoms with Crippen LogP contribution in [0.5, 0.6) is 0 Å². The topological polar surface area (TPSA) is 43.8 Å². The van der Waals surface area contributed by atoms with Gasteiger partial charge in [0.05, 0.1) is 17.4 Å². The molecule has 0 aliphatic carbocycles. The van der Waals surface area contributed by atoms with Crippen molar-refractivity contribution in [2.75, 3.05) is 0 Å². The van der Waals surface area contributed by atoms with Crippen molar-refractivity contribution < 1.29 is 8.78 Å². The number of rotatable bonds is 3. The van der Waals surface area contributed by atoms with E-state index >= 15 is 0 Å². The average molecular weight is 285 g/mol. The zero-order chi connectivity index (χ0) is 14.8. The molecule has 1 aromatic heterocycles. The molecule has 5 heteroatoms. The smallest absolute Gasteiger partial charge is 0.128 e. The highest BCUT2D eigenvalue weighted by Crippen LogP contribution is 2.22. The molecular formula is C16H13F2N3. The standard InChI is InChI=1S/C16H13F2N3/c17-11-6-7-14(18)13(10-11)16(19)15-8-9-21(20-15)12-4-2-1-3-5-12/h1-10,16H,19H2. The monoisotopic (exact) mass is 285 g/mol. The van der Waals surface area contributed by atoms with Gasteiger partial charge in [0.2, 0.25) is 0 Å². The highest BCUT2D eigenvalue weighted by molar-refractivity contribution is 5.33. The van der Waals surface area contributed by atoms with E-state index in [0.717, 1.165) is 23.9 Å². The lowest BCUT2D eigenvalue weighted by atomic mass is 10.0. The van der Waals surface area contributed by atoms with Gasteiger partial charge in [-0.05, 0) is 36.4 Å². The third-order valence-electron chi connectivity index (χ3n) is 3.24. The van der Waals surface area contributed by atoms with Crippen LogP contribution in [0.2, 0.25) is 0 Å². The van der Waals surface area contributed by atoms with Crippen LogP contribution in [-0.2, 0) is 0 Å². The van der Waals surface area contributed by atoms with Crippen LogP contribution in [0.3, 0.4) is 0 Å². The summed E-state index contributed by atoms with van der Waals surface area (Å²) in [6, 6.07) is 13.6. The van der Waals surface area contributed by atoms with Crippen LogP contribution in [0.1, 0.15) is 17.3 Å². The second kappa shape index (κ2) is 5.46. The SMILES string of the molecule is NC(c1ccn(-c2ccccc2)n1)c1cc(F)ccc1F. The lowest BCUT2D eigenvalue weighted by molar-refractivity contribution is 0.574. The normalized spacial score (nSPS) is 12.3. The summed E-state index contributed by atoms with van der Waals surface area (Å²) in [6.45, 7) is 0. The fourth-order valence-corrected chi connectivity index (χ4v) is 2.14. The zero-order valence-electron chi connectivity index (χ0n) is 11.1. The van der Waals surface area contributed by atoms with Gasteiger partial charge in [0.15, 0.2) is 0 Å². The van der Waals surface area contributed by atoms with E-state index in [-0.39, 0.29) is 5.56 Å². The van der Waals surface area contributed by atoms with Gasteiger partial charge in [-0.15, -0.1) is 0 Å². The van der Waals surface area contributed by atoms with Gasteiger partial charge in [-0.2, -0.15) is 5.10 Å². The summed E-state index contributed by atoms with van der Waals surface area (Å²) in [4.78, 5) is 0. The average Bonchev–Trinajstić information content (AvgIpc) is 3.00. The van der Waals surface area contributed by atoms with E-state index in [1.54, 1.807) is 16.9 Å². The number of nitrogens with zero attached hydrogens (tertiary/aromatic N) is 2. The second-order valence-corrected chi connectivity index (χ2v) is 4.66. The minimum absolute atomic E-state index is 0.0910. The van der Waals surface area contributed by atoms with E-state index in [2.05, 4.69) is 5.10 Å². The number of hydrogen-bond acceptors (Lipinski definition) is 2. The van der Waals surface area contributed by atoms with Crippen LogP contribution in [0, 0.1) is 11.6 Å². The molecule has 1 heterocycles. The second-order valence-electron chi connectivity index (χ2n) is 4.66. The molecule has 106 valence electrons. The van der Waals surface area contributed by atoms with Gasteiger partial charge < -0.3 is 5.73 Å². The molecule has 0 aliphatic rings. The van der Waals surface area contributed by atoms with Crippen LogP contribution in [0.25, 0.3) is 5.69 Å².